The molecule has 98 valence electrons. The molecule has 1 aromatic rings. The van der Waals surface area contributed by atoms with Crippen LogP contribution in [-0.2, 0) is 12.8 Å². The van der Waals surface area contributed by atoms with E-state index in [2.05, 4.69) is 31.3 Å². The summed E-state index contributed by atoms with van der Waals surface area (Å²) in [4.78, 5) is 0. The van der Waals surface area contributed by atoms with Crippen LogP contribution in [0.4, 0.5) is 0 Å². The highest BCUT2D eigenvalue weighted by Crippen LogP contribution is 2.38. The van der Waals surface area contributed by atoms with Crippen molar-refractivity contribution < 1.29 is 4.74 Å². The molecule has 1 aliphatic carbocycles. The molecular formula is C16H23NO. The molecule has 0 aromatic heterocycles. The lowest BCUT2D eigenvalue weighted by Crippen LogP contribution is -2.31. The molecular weight excluding hydrogens is 222 g/mol. The quantitative estimate of drug-likeness (QED) is 0.862. The maximum Gasteiger partial charge on any atom is 0.124 e. The van der Waals surface area contributed by atoms with Crippen molar-refractivity contribution >= 4 is 0 Å². The summed E-state index contributed by atoms with van der Waals surface area (Å²) in [5.41, 5.74) is 4.46. The summed E-state index contributed by atoms with van der Waals surface area (Å²) in [6.07, 6.45) is 6.55. The molecule has 2 aliphatic rings. The van der Waals surface area contributed by atoms with Crippen LogP contribution in [0.3, 0.4) is 0 Å². The fourth-order valence-electron chi connectivity index (χ4n) is 3.32. The van der Waals surface area contributed by atoms with Gasteiger partial charge in [-0.1, -0.05) is 13.0 Å². The van der Waals surface area contributed by atoms with E-state index in [1.165, 1.54) is 36.8 Å². The summed E-state index contributed by atoms with van der Waals surface area (Å²) in [5.74, 6) is 1.13. The van der Waals surface area contributed by atoms with Crippen LogP contribution in [0.2, 0.25) is 0 Å². The predicted molar refractivity (Wildman–Crippen MR) is 74.2 cm³/mol. The van der Waals surface area contributed by atoms with E-state index in [0.29, 0.717) is 12.1 Å². The second-order valence-corrected chi connectivity index (χ2v) is 5.64. The molecule has 0 saturated carbocycles. The minimum atomic E-state index is 0.322. The summed E-state index contributed by atoms with van der Waals surface area (Å²) < 4.78 is 6.03. The largest absolute Gasteiger partial charge is 0.490 e. The summed E-state index contributed by atoms with van der Waals surface area (Å²) in [6, 6.07) is 5.19. The van der Waals surface area contributed by atoms with Gasteiger partial charge < -0.3 is 10.1 Å². The molecule has 1 aliphatic heterocycles. The predicted octanol–water partition coefficient (Wildman–Crippen LogP) is 3.39. The van der Waals surface area contributed by atoms with E-state index in [0.717, 1.165) is 18.7 Å². The first kappa shape index (κ1) is 12.0. The number of rotatable bonds is 2. The highest BCUT2D eigenvalue weighted by atomic mass is 16.5. The van der Waals surface area contributed by atoms with Crippen molar-refractivity contribution in [3.63, 3.8) is 0 Å². The molecule has 2 nitrogen and oxygen atoms in total. The summed E-state index contributed by atoms with van der Waals surface area (Å²) in [5, 5.41) is 3.60. The van der Waals surface area contributed by atoms with Crippen molar-refractivity contribution in [2.24, 2.45) is 0 Å². The van der Waals surface area contributed by atoms with Crippen LogP contribution in [-0.4, -0.2) is 12.6 Å². The standard InChI is InChI=1S/C16H23NO/c1-3-17-15-8-11(2)18-16-10-13-7-5-4-6-12(13)9-14(15)16/h9-11,15,17H,3-8H2,1-2H3. The second-order valence-electron chi connectivity index (χ2n) is 5.64. The molecule has 1 aromatic carbocycles. The van der Waals surface area contributed by atoms with Crippen LogP contribution in [0.25, 0.3) is 0 Å². The third-order valence-corrected chi connectivity index (χ3v) is 4.20. The van der Waals surface area contributed by atoms with Crippen molar-refractivity contribution in [3.05, 3.63) is 28.8 Å². The molecule has 0 saturated heterocycles. The molecule has 2 atom stereocenters. The van der Waals surface area contributed by atoms with Crippen LogP contribution < -0.4 is 10.1 Å². The normalized spacial score (nSPS) is 26.1. The van der Waals surface area contributed by atoms with Gasteiger partial charge in [0.25, 0.3) is 0 Å². The first-order chi connectivity index (χ1) is 8.78. The molecule has 18 heavy (non-hydrogen) atoms. The number of aryl methyl sites for hydroxylation is 2. The van der Waals surface area contributed by atoms with Crippen LogP contribution >= 0.6 is 0 Å². The molecule has 0 bridgehead atoms. The van der Waals surface area contributed by atoms with E-state index in [1.54, 1.807) is 5.56 Å². The number of ether oxygens (including phenoxy) is 1. The minimum Gasteiger partial charge on any atom is -0.490 e. The third-order valence-electron chi connectivity index (χ3n) is 4.20. The van der Waals surface area contributed by atoms with E-state index in [-0.39, 0.29) is 0 Å². The van der Waals surface area contributed by atoms with Gasteiger partial charge >= 0.3 is 0 Å². The summed E-state index contributed by atoms with van der Waals surface area (Å²) in [6.45, 7) is 5.37. The van der Waals surface area contributed by atoms with Gasteiger partial charge in [0.15, 0.2) is 0 Å². The Morgan fingerprint density at radius 1 is 1.22 bits per heavy atom. The fourth-order valence-corrected chi connectivity index (χ4v) is 3.32. The zero-order valence-electron chi connectivity index (χ0n) is 11.5. The SMILES string of the molecule is CCNC1CC(C)Oc2cc3c(cc21)CCCC3. The molecule has 2 heteroatoms. The molecule has 1 N–H and O–H groups in total. The molecule has 0 spiro atoms. The van der Waals surface area contributed by atoms with Crippen molar-refractivity contribution in [3.8, 4) is 5.75 Å². The highest BCUT2D eigenvalue weighted by molar-refractivity contribution is 5.46. The van der Waals surface area contributed by atoms with Gasteiger partial charge in [0, 0.05) is 18.0 Å². The smallest absolute Gasteiger partial charge is 0.124 e. The van der Waals surface area contributed by atoms with Crippen LogP contribution in [0, 0.1) is 0 Å². The summed E-state index contributed by atoms with van der Waals surface area (Å²) >= 11 is 0. The Balaban J connectivity index is 2.00. The monoisotopic (exact) mass is 245 g/mol. The van der Waals surface area contributed by atoms with Crippen LogP contribution in [0.15, 0.2) is 12.1 Å². The van der Waals surface area contributed by atoms with Gasteiger partial charge in [-0.15, -0.1) is 0 Å². The van der Waals surface area contributed by atoms with Gasteiger partial charge in [0.1, 0.15) is 5.75 Å². The Hall–Kier alpha value is -1.02. The molecule has 0 radical (unpaired) electrons. The van der Waals surface area contributed by atoms with Gasteiger partial charge in [-0.2, -0.15) is 0 Å². The maximum atomic E-state index is 6.03. The number of nitrogens with one attached hydrogen (secondary N) is 1. The number of fused-ring (bicyclic) bond motifs is 2. The average molecular weight is 245 g/mol. The average Bonchev–Trinajstić information content (AvgIpc) is 2.37. The zero-order valence-corrected chi connectivity index (χ0v) is 11.5. The zero-order chi connectivity index (χ0) is 12.5. The van der Waals surface area contributed by atoms with Gasteiger partial charge in [0.2, 0.25) is 0 Å². The number of benzene rings is 1. The second kappa shape index (κ2) is 4.93. The van der Waals surface area contributed by atoms with E-state index in [1.807, 2.05) is 0 Å². The molecule has 1 heterocycles. The lowest BCUT2D eigenvalue weighted by molar-refractivity contribution is 0.167. The Bertz CT molecular complexity index is 441. The maximum absolute atomic E-state index is 6.03. The van der Waals surface area contributed by atoms with Gasteiger partial charge in [0.05, 0.1) is 6.10 Å². The van der Waals surface area contributed by atoms with Gasteiger partial charge in [-0.05, 0) is 56.3 Å². The number of hydrogen-bond acceptors (Lipinski definition) is 2. The first-order valence-electron chi connectivity index (χ1n) is 7.33. The summed E-state index contributed by atoms with van der Waals surface area (Å²) in [7, 11) is 0. The fraction of sp³-hybridized carbons (Fsp3) is 0.625. The van der Waals surface area contributed by atoms with E-state index < -0.39 is 0 Å². The molecule has 0 fully saturated rings. The lowest BCUT2D eigenvalue weighted by Gasteiger charge is -2.32. The molecule has 0 amide bonds. The van der Waals surface area contributed by atoms with E-state index >= 15 is 0 Å². The Labute approximate surface area is 110 Å². The van der Waals surface area contributed by atoms with Gasteiger partial charge in [-0.25, -0.2) is 0 Å². The Kier molecular flexibility index (Phi) is 3.29. The highest BCUT2D eigenvalue weighted by Gasteiger charge is 2.27. The lowest BCUT2D eigenvalue weighted by atomic mass is 9.86. The number of hydrogen-bond donors (Lipinski definition) is 1. The third kappa shape index (κ3) is 2.14. The van der Waals surface area contributed by atoms with Crippen molar-refractivity contribution in [1.29, 1.82) is 0 Å². The van der Waals surface area contributed by atoms with E-state index in [9.17, 15) is 0 Å². The molecule has 3 rings (SSSR count). The Morgan fingerprint density at radius 2 is 1.94 bits per heavy atom. The Morgan fingerprint density at radius 3 is 2.67 bits per heavy atom. The van der Waals surface area contributed by atoms with Crippen molar-refractivity contribution in [2.45, 2.75) is 58.1 Å². The van der Waals surface area contributed by atoms with Crippen LogP contribution in [0.1, 0.15) is 55.8 Å². The molecule has 2 unspecified atom stereocenters. The van der Waals surface area contributed by atoms with Crippen LogP contribution in [0.5, 0.6) is 5.75 Å². The van der Waals surface area contributed by atoms with Gasteiger partial charge in [-0.3, -0.25) is 0 Å². The van der Waals surface area contributed by atoms with Crippen molar-refractivity contribution in [2.75, 3.05) is 6.54 Å². The van der Waals surface area contributed by atoms with Crippen molar-refractivity contribution in [1.82, 2.24) is 5.32 Å². The first-order valence-corrected chi connectivity index (χ1v) is 7.33. The van der Waals surface area contributed by atoms with E-state index in [4.69, 9.17) is 4.74 Å². The topological polar surface area (TPSA) is 21.3 Å². The minimum absolute atomic E-state index is 0.322.